The number of carbonyl (C=O) groups excluding carboxylic acids is 1. The minimum atomic E-state index is -0.0350. The molecular formula is C15H27N5O. The van der Waals surface area contributed by atoms with E-state index in [9.17, 15) is 4.79 Å². The lowest BCUT2D eigenvalue weighted by atomic mass is 9.96. The van der Waals surface area contributed by atoms with Crippen LogP contribution in [0.3, 0.4) is 0 Å². The van der Waals surface area contributed by atoms with Crippen molar-refractivity contribution in [3.05, 3.63) is 11.6 Å². The second-order valence-corrected chi connectivity index (χ2v) is 5.68. The molecule has 1 aromatic rings. The highest BCUT2D eigenvalue weighted by atomic mass is 16.2. The third-order valence-electron chi connectivity index (χ3n) is 4.37. The molecule has 0 spiro atoms. The molecule has 1 N–H and O–H groups in total. The molecule has 21 heavy (non-hydrogen) atoms. The van der Waals surface area contributed by atoms with Crippen molar-refractivity contribution in [3.63, 3.8) is 0 Å². The summed E-state index contributed by atoms with van der Waals surface area (Å²) in [6, 6.07) is 0. The molecule has 0 unspecified atom stereocenters. The smallest absolute Gasteiger partial charge is 0.293 e. The minimum absolute atomic E-state index is 0.0350. The summed E-state index contributed by atoms with van der Waals surface area (Å²) >= 11 is 0. The van der Waals surface area contributed by atoms with Crippen LogP contribution in [0.25, 0.3) is 0 Å². The van der Waals surface area contributed by atoms with Gasteiger partial charge in [-0.1, -0.05) is 20.8 Å². The van der Waals surface area contributed by atoms with Crippen molar-refractivity contribution < 1.29 is 4.79 Å². The van der Waals surface area contributed by atoms with E-state index in [2.05, 4.69) is 33.9 Å². The fraction of sp³-hybridized carbons (Fsp3) is 0.800. The SMILES string of the molecule is CCc1nc(C(=O)N2CCC(CN(CC)CC)CC2)n[nH]1. The van der Waals surface area contributed by atoms with Crippen molar-refractivity contribution in [1.82, 2.24) is 25.0 Å². The van der Waals surface area contributed by atoms with Gasteiger partial charge >= 0.3 is 0 Å². The van der Waals surface area contributed by atoms with Crippen molar-refractivity contribution >= 4 is 5.91 Å². The Morgan fingerprint density at radius 1 is 1.29 bits per heavy atom. The number of aromatic amines is 1. The Kier molecular flexibility index (Phi) is 5.73. The van der Waals surface area contributed by atoms with Crippen molar-refractivity contribution in [2.24, 2.45) is 5.92 Å². The third-order valence-corrected chi connectivity index (χ3v) is 4.37. The summed E-state index contributed by atoms with van der Waals surface area (Å²) in [6.45, 7) is 11.4. The molecule has 118 valence electrons. The Hall–Kier alpha value is -1.43. The Morgan fingerprint density at radius 2 is 1.95 bits per heavy atom. The maximum Gasteiger partial charge on any atom is 0.293 e. The number of carbonyl (C=O) groups is 1. The second kappa shape index (κ2) is 7.54. The van der Waals surface area contributed by atoms with E-state index in [1.807, 2.05) is 11.8 Å². The van der Waals surface area contributed by atoms with E-state index in [1.54, 1.807) is 0 Å². The van der Waals surface area contributed by atoms with E-state index in [-0.39, 0.29) is 5.91 Å². The first-order valence-electron chi connectivity index (χ1n) is 8.10. The largest absolute Gasteiger partial charge is 0.336 e. The van der Waals surface area contributed by atoms with Crippen LogP contribution in [0.1, 0.15) is 50.1 Å². The summed E-state index contributed by atoms with van der Waals surface area (Å²) in [7, 11) is 0. The predicted molar refractivity (Wildman–Crippen MR) is 82.2 cm³/mol. The van der Waals surface area contributed by atoms with Crippen molar-refractivity contribution in [2.45, 2.75) is 40.0 Å². The Bertz CT molecular complexity index is 447. The zero-order valence-corrected chi connectivity index (χ0v) is 13.4. The van der Waals surface area contributed by atoms with Crippen molar-refractivity contribution in [3.8, 4) is 0 Å². The molecule has 1 aliphatic rings. The molecule has 2 rings (SSSR count). The molecule has 0 atom stereocenters. The number of likely N-dealkylation sites (tertiary alicyclic amines) is 1. The molecule has 1 saturated heterocycles. The molecule has 0 radical (unpaired) electrons. The third kappa shape index (κ3) is 4.03. The normalized spacial score (nSPS) is 16.7. The van der Waals surface area contributed by atoms with E-state index in [4.69, 9.17) is 0 Å². The van der Waals surface area contributed by atoms with Gasteiger partial charge in [0.05, 0.1) is 0 Å². The molecule has 1 fully saturated rings. The first-order chi connectivity index (χ1) is 10.2. The molecular weight excluding hydrogens is 266 g/mol. The van der Waals surface area contributed by atoms with Gasteiger partial charge in [0, 0.05) is 26.1 Å². The topological polar surface area (TPSA) is 65.1 Å². The fourth-order valence-corrected chi connectivity index (χ4v) is 2.86. The average molecular weight is 293 g/mol. The lowest BCUT2D eigenvalue weighted by Crippen LogP contribution is -2.42. The summed E-state index contributed by atoms with van der Waals surface area (Å²) in [4.78, 5) is 20.9. The molecule has 0 aliphatic carbocycles. The van der Waals surface area contributed by atoms with Gasteiger partial charge in [-0.25, -0.2) is 4.98 Å². The van der Waals surface area contributed by atoms with Crippen LogP contribution in [-0.2, 0) is 6.42 Å². The van der Waals surface area contributed by atoms with Crippen LogP contribution in [0.5, 0.6) is 0 Å². The number of rotatable bonds is 6. The summed E-state index contributed by atoms with van der Waals surface area (Å²) in [5.41, 5.74) is 0. The monoisotopic (exact) mass is 293 g/mol. The van der Waals surface area contributed by atoms with E-state index in [0.29, 0.717) is 11.7 Å². The van der Waals surface area contributed by atoms with Gasteiger partial charge in [-0.2, -0.15) is 0 Å². The maximum atomic E-state index is 12.3. The number of aromatic nitrogens is 3. The summed E-state index contributed by atoms with van der Waals surface area (Å²) < 4.78 is 0. The number of aryl methyl sites for hydroxylation is 1. The van der Waals surface area contributed by atoms with Crippen LogP contribution in [0.4, 0.5) is 0 Å². The van der Waals surface area contributed by atoms with E-state index < -0.39 is 0 Å². The fourth-order valence-electron chi connectivity index (χ4n) is 2.86. The van der Waals surface area contributed by atoms with Crippen molar-refractivity contribution in [2.75, 3.05) is 32.7 Å². The highest BCUT2D eigenvalue weighted by Crippen LogP contribution is 2.19. The standard InChI is InChI=1S/C15H27N5O/c1-4-13-16-14(18-17-13)15(21)20-9-7-12(8-10-20)11-19(5-2)6-3/h12H,4-11H2,1-3H3,(H,16,17,18). The van der Waals surface area contributed by atoms with Crippen LogP contribution < -0.4 is 0 Å². The van der Waals surface area contributed by atoms with E-state index in [1.165, 1.54) is 0 Å². The van der Waals surface area contributed by atoms with Crippen LogP contribution in [0, 0.1) is 5.92 Å². The van der Waals surface area contributed by atoms with Crippen LogP contribution in [-0.4, -0.2) is 63.6 Å². The molecule has 1 aliphatic heterocycles. The lowest BCUT2D eigenvalue weighted by molar-refractivity contribution is 0.0658. The Morgan fingerprint density at radius 3 is 2.48 bits per heavy atom. The van der Waals surface area contributed by atoms with Crippen LogP contribution in [0.2, 0.25) is 0 Å². The van der Waals surface area contributed by atoms with Gasteiger partial charge in [-0.15, -0.1) is 5.10 Å². The maximum absolute atomic E-state index is 12.3. The number of nitrogens with one attached hydrogen (secondary N) is 1. The van der Waals surface area contributed by atoms with Crippen LogP contribution in [0.15, 0.2) is 0 Å². The van der Waals surface area contributed by atoms with Gasteiger partial charge in [0.2, 0.25) is 5.82 Å². The first-order valence-corrected chi connectivity index (χ1v) is 8.10. The number of hydrogen-bond donors (Lipinski definition) is 1. The molecule has 1 aromatic heterocycles. The average Bonchev–Trinajstić information content (AvgIpc) is 3.01. The summed E-state index contributed by atoms with van der Waals surface area (Å²) in [5, 5.41) is 6.83. The molecule has 6 heteroatoms. The summed E-state index contributed by atoms with van der Waals surface area (Å²) in [6.07, 6.45) is 2.92. The number of amides is 1. The highest BCUT2D eigenvalue weighted by Gasteiger charge is 2.26. The lowest BCUT2D eigenvalue weighted by Gasteiger charge is -2.33. The summed E-state index contributed by atoms with van der Waals surface area (Å²) in [5.74, 6) is 1.75. The quantitative estimate of drug-likeness (QED) is 0.864. The van der Waals surface area contributed by atoms with Gasteiger partial charge < -0.3 is 9.80 Å². The van der Waals surface area contributed by atoms with E-state index >= 15 is 0 Å². The van der Waals surface area contributed by atoms with Crippen LogP contribution >= 0.6 is 0 Å². The first kappa shape index (κ1) is 15.9. The molecule has 0 bridgehead atoms. The van der Waals surface area contributed by atoms with Gasteiger partial charge in [0.25, 0.3) is 5.91 Å². The molecule has 1 amide bonds. The number of H-pyrrole nitrogens is 1. The highest BCUT2D eigenvalue weighted by molar-refractivity contribution is 5.90. The molecule has 6 nitrogen and oxygen atoms in total. The number of piperidine rings is 1. The predicted octanol–water partition coefficient (Wildman–Crippen LogP) is 1.56. The van der Waals surface area contributed by atoms with Crippen molar-refractivity contribution in [1.29, 1.82) is 0 Å². The van der Waals surface area contributed by atoms with Gasteiger partial charge in [-0.3, -0.25) is 9.89 Å². The zero-order valence-electron chi connectivity index (χ0n) is 13.4. The second-order valence-electron chi connectivity index (χ2n) is 5.68. The van der Waals surface area contributed by atoms with Gasteiger partial charge in [0.15, 0.2) is 0 Å². The van der Waals surface area contributed by atoms with E-state index in [0.717, 1.165) is 57.8 Å². The molecule has 2 heterocycles. The van der Waals surface area contributed by atoms with Gasteiger partial charge in [0.1, 0.15) is 5.82 Å². The molecule has 0 aromatic carbocycles. The zero-order chi connectivity index (χ0) is 15.2. The molecule has 0 saturated carbocycles. The number of hydrogen-bond acceptors (Lipinski definition) is 4. The minimum Gasteiger partial charge on any atom is -0.336 e. The van der Waals surface area contributed by atoms with Gasteiger partial charge in [-0.05, 0) is 31.8 Å². The Labute approximate surface area is 126 Å². The number of nitrogens with zero attached hydrogens (tertiary/aromatic N) is 4. The Balaban J connectivity index is 1.84.